The number of benzene rings is 2. The molecule has 0 spiro atoms. The van der Waals surface area contributed by atoms with Gasteiger partial charge in [-0.3, -0.25) is 4.79 Å². The predicted octanol–water partition coefficient (Wildman–Crippen LogP) is 4.90. The number of nitrogens with zero attached hydrogens (tertiary/aromatic N) is 3. The Morgan fingerprint density at radius 2 is 1.84 bits per heavy atom. The molecule has 1 fully saturated rings. The minimum absolute atomic E-state index is 0.0769. The first-order valence-corrected chi connectivity index (χ1v) is 12.0. The van der Waals surface area contributed by atoms with Crippen LogP contribution in [0.25, 0.3) is 16.9 Å². The highest BCUT2D eigenvalue weighted by Gasteiger charge is 2.29. The summed E-state index contributed by atoms with van der Waals surface area (Å²) in [5, 5.41) is 8.68. The summed E-state index contributed by atoms with van der Waals surface area (Å²) in [4.78, 5) is 15.7. The van der Waals surface area contributed by atoms with Crippen molar-refractivity contribution in [3.8, 4) is 16.9 Å². The van der Waals surface area contributed by atoms with Crippen LogP contribution in [-0.2, 0) is 12.8 Å². The SMILES string of the molecule is O=C(NCCCN1CCCCC1)c1nn(-c2ccccc2)c2c1CCc1cc(Cl)ccc1-2. The zero-order chi connectivity index (χ0) is 21.9. The van der Waals surface area contributed by atoms with Gasteiger partial charge in [0, 0.05) is 22.7 Å². The number of hydrogen-bond acceptors (Lipinski definition) is 3. The Labute approximate surface area is 194 Å². The van der Waals surface area contributed by atoms with E-state index in [-0.39, 0.29) is 5.91 Å². The molecule has 2 aromatic carbocycles. The van der Waals surface area contributed by atoms with Crippen LogP contribution in [0.4, 0.5) is 0 Å². The van der Waals surface area contributed by atoms with Crippen LogP contribution in [0.3, 0.4) is 0 Å². The van der Waals surface area contributed by atoms with Crippen LogP contribution in [0, 0.1) is 0 Å². The van der Waals surface area contributed by atoms with Gasteiger partial charge in [-0.1, -0.05) is 42.3 Å². The van der Waals surface area contributed by atoms with Gasteiger partial charge in [-0.2, -0.15) is 5.10 Å². The van der Waals surface area contributed by atoms with E-state index in [2.05, 4.69) is 16.3 Å². The van der Waals surface area contributed by atoms with Gasteiger partial charge in [0.25, 0.3) is 5.91 Å². The summed E-state index contributed by atoms with van der Waals surface area (Å²) >= 11 is 6.25. The molecule has 0 saturated carbocycles. The van der Waals surface area contributed by atoms with Crippen molar-refractivity contribution in [1.29, 1.82) is 0 Å². The molecule has 1 aliphatic carbocycles. The molecule has 0 atom stereocenters. The molecule has 3 aromatic rings. The van der Waals surface area contributed by atoms with Gasteiger partial charge in [0.1, 0.15) is 0 Å². The lowest BCUT2D eigenvalue weighted by atomic mass is 9.88. The Morgan fingerprint density at radius 1 is 1.03 bits per heavy atom. The maximum Gasteiger partial charge on any atom is 0.272 e. The highest BCUT2D eigenvalue weighted by atomic mass is 35.5. The van der Waals surface area contributed by atoms with E-state index in [0.29, 0.717) is 12.2 Å². The molecule has 32 heavy (non-hydrogen) atoms. The summed E-state index contributed by atoms with van der Waals surface area (Å²) in [7, 11) is 0. The molecule has 0 bridgehead atoms. The fourth-order valence-electron chi connectivity index (χ4n) is 4.93. The van der Waals surface area contributed by atoms with E-state index < -0.39 is 0 Å². The second-order valence-corrected chi connectivity index (χ2v) is 9.17. The van der Waals surface area contributed by atoms with Gasteiger partial charge in [-0.25, -0.2) is 4.68 Å². The number of amides is 1. The number of hydrogen-bond donors (Lipinski definition) is 1. The molecule has 1 amide bonds. The van der Waals surface area contributed by atoms with Crippen molar-refractivity contribution in [2.24, 2.45) is 0 Å². The van der Waals surface area contributed by atoms with Gasteiger partial charge >= 0.3 is 0 Å². The second kappa shape index (κ2) is 9.47. The summed E-state index contributed by atoms with van der Waals surface area (Å²) in [5.74, 6) is -0.0769. The average Bonchev–Trinajstić information content (AvgIpc) is 3.23. The quantitative estimate of drug-likeness (QED) is 0.546. The summed E-state index contributed by atoms with van der Waals surface area (Å²) in [6.45, 7) is 4.10. The molecule has 2 aliphatic rings. The summed E-state index contributed by atoms with van der Waals surface area (Å²) in [6.07, 6.45) is 6.54. The van der Waals surface area contributed by atoms with Crippen LogP contribution in [0.5, 0.6) is 0 Å². The number of carbonyl (C=O) groups excluding carboxylic acids is 1. The molecule has 2 heterocycles. The van der Waals surface area contributed by atoms with E-state index in [1.807, 2.05) is 47.1 Å². The van der Waals surface area contributed by atoms with Crippen LogP contribution in [0.2, 0.25) is 5.02 Å². The highest BCUT2D eigenvalue weighted by molar-refractivity contribution is 6.30. The Hall–Kier alpha value is -2.63. The van der Waals surface area contributed by atoms with Crippen LogP contribution >= 0.6 is 11.6 Å². The zero-order valence-corrected chi connectivity index (χ0v) is 19.1. The first kappa shape index (κ1) is 21.2. The number of aryl methyl sites for hydroxylation is 1. The van der Waals surface area contributed by atoms with Gasteiger partial charge in [0.2, 0.25) is 0 Å². The normalized spacial score (nSPS) is 15.8. The number of carbonyl (C=O) groups is 1. The lowest BCUT2D eigenvalue weighted by molar-refractivity contribution is 0.0944. The molecule has 0 radical (unpaired) electrons. The van der Waals surface area contributed by atoms with Crippen molar-refractivity contribution < 1.29 is 4.79 Å². The summed E-state index contributed by atoms with van der Waals surface area (Å²) < 4.78 is 1.92. The third-order valence-electron chi connectivity index (χ3n) is 6.55. The molecule has 1 aromatic heterocycles. The number of piperidine rings is 1. The molecule has 1 saturated heterocycles. The van der Waals surface area contributed by atoms with Crippen molar-refractivity contribution in [2.45, 2.75) is 38.5 Å². The number of rotatable bonds is 6. The van der Waals surface area contributed by atoms with E-state index in [1.165, 1.54) is 37.9 Å². The lowest BCUT2D eigenvalue weighted by Gasteiger charge is -2.26. The standard InChI is InChI=1S/C26H29ClN4O/c27-20-11-13-22-19(18-20)10-12-23-24(29-31(25(22)23)21-8-3-1-4-9-21)26(32)28-14-7-17-30-15-5-2-6-16-30/h1,3-4,8-9,11,13,18H,2,5-7,10,12,14-17H2,(H,28,32). The summed E-state index contributed by atoms with van der Waals surface area (Å²) in [6, 6.07) is 16.0. The van der Waals surface area contributed by atoms with Gasteiger partial charge in [0.15, 0.2) is 5.69 Å². The van der Waals surface area contributed by atoms with E-state index >= 15 is 0 Å². The average molecular weight is 449 g/mol. The molecule has 5 nitrogen and oxygen atoms in total. The number of likely N-dealkylation sites (tertiary alicyclic amines) is 1. The van der Waals surface area contributed by atoms with Gasteiger partial charge < -0.3 is 10.2 Å². The molecular formula is C26H29ClN4O. The van der Waals surface area contributed by atoms with Crippen LogP contribution < -0.4 is 5.32 Å². The highest BCUT2D eigenvalue weighted by Crippen LogP contribution is 2.38. The minimum Gasteiger partial charge on any atom is -0.351 e. The van der Waals surface area contributed by atoms with Crippen LogP contribution in [0.15, 0.2) is 48.5 Å². The van der Waals surface area contributed by atoms with Gasteiger partial charge in [-0.15, -0.1) is 0 Å². The smallest absolute Gasteiger partial charge is 0.272 e. The Morgan fingerprint density at radius 3 is 2.66 bits per heavy atom. The topological polar surface area (TPSA) is 50.2 Å². The predicted molar refractivity (Wildman–Crippen MR) is 129 cm³/mol. The van der Waals surface area contributed by atoms with Crippen LogP contribution in [0.1, 0.15) is 47.3 Å². The van der Waals surface area contributed by atoms with Crippen molar-refractivity contribution in [3.05, 3.63) is 70.4 Å². The maximum absolute atomic E-state index is 13.2. The van der Waals surface area contributed by atoms with Gasteiger partial charge in [-0.05, 0) is 81.6 Å². The molecule has 6 heteroatoms. The number of halogens is 1. The Bertz CT molecular complexity index is 1100. The maximum atomic E-state index is 13.2. The Kier molecular flexibility index (Phi) is 6.28. The molecule has 5 rings (SSSR count). The molecule has 166 valence electrons. The fraction of sp³-hybridized carbons (Fsp3) is 0.385. The molecule has 1 N–H and O–H groups in total. The number of fused-ring (bicyclic) bond motifs is 3. The van der Waals surface area contributed by atoms with E-state index in [1.54, 1.807) is 0 Å². The zero-order valence-electron chi connectivity index (χ0n) is 18.3. The first-order valence-electron chi connectivity index (χ1n) is 11.7. The van der Waals surface area contributed by atoms with Gasteiger partial charge in [0.05, 0.1) is 11.4 Å². The van der Waals surface area contributed by atoms with E-state index in [0.717, 1.165) is 53.3 Å². The largest absolute Gasteiger partial charge is 0.351 e. The van der Waals surface area contributed by atoms with Crippen molar-refractivity contribution >= 4 is 17.5 Å². The minimum atomic E-state index is -0.0769. The van der Waals surface area contributed by atoms with E-state index in [9.17, 15) is 4.79 Å². The molecule has 0 unspecified atom stereocenters. The number of nitrogens with one attached hydrogen (secondary N) is 1. The third-order valence-corrected chi connectivity index (χ3v) is 6.79. The number of aromatic nitrogens is 2. The second-order valence-electron chi connectivity index (χ2n) is 8.74. The van der Waals surface area contributed by atoms with Crippen molar-refractivity contribution in [2.75, 3.05) is 26.2 Å². The van der Waals surface area contributed by atoms with Crippen molar-refractivity contribution in [1.82, 2.24) is 20.0 Å². The summed E-state index contributed by atoms with van der Waals surface area (Å²) in [5.41, 5.74) is 5.84. The monoisotopic (exact) mass is 448 g/mol. The van der Waals surface area contributed by atoms with Crippen molar-refractivity contribution in [3.63, 3.8) is 0 Å². The fourth-order valence-corrected chi connectivity index (χ4v) is 5.13. The molecular weight excluding hydrogens is 420 g/mol. The molecule has 1 aliphatic heterocycles. The number of para-hydroxylation sites is 1. The Balaban J connectivity index is 1.40. The lowest BCUT2D eigenvalue weighted by Crippen LogP contribution is -2.33. The first-order chi connectivity index (χ1) is 15.7. The third kappa shape index (κ3) is 4.32. The van der Waals surface area contributed by atoms with Crippen LogP contribution in [-0.4, -0.2) is 46.8 Å². The van der Waals surface area contributed by atoms with E-state index in [4.69, 9.17) is 16.7 Å².